The van der Waals surface area contributed by atoms with E-state index in [1.807, 2.05) is 0 Å². The lowest BCUT2D eigenvalue weighted by atomic mass is 9.78. The minimum absolute atomic E-state index is 0.0892. The monoisotopic (exact) mass is 394 g/mol. The van der Waals surface area contributed by atoms with Crippen molar-refractivity contribution in [1.82, 2.24) is 9.21 Å². The smallest absolute Gasteiger partial charge is 0.247 e. The maximum Gasteiger partial charge on any atom is 0.247 e. The zero-order valence-corrected chi connectivity index (χ0v) is 17.3. The molecule has 1 aromatic rings. The number of piperidine rings is 1. The van der Waals surface area contributed by atoms with Crippen LogP contribution in [0.5, 0.6) is 5.75 Å². The first-order chi connectivity index (χ1) is 12.7. The van der Waals surface area contributed by atoms with Gasteiger partial charge in [0.05, 0.1) is 13.2 Å². The van der Waals surface area contributed by atoms with Crippen LogP contribution in [0.4, 0.5) is 0 Å². The predicted molar refractivity (Wildman–Crippen MR) is 104 cm³/mol. The number of benzene rings is 1. The maximum atomic E-state index is 13.2. The van der Waals surface area contributed by atoms with Gasteiger partial charge in [-0.15, -0.1) is 0 Å². The highest BCUT2D eigenvalue weighted by Gasteiger charge is 2.43. The summed E-state index contributed by atoms with van der Waals surface area (Å²) in [5.41, 5.74) is -0.260. The van der Waals surface area contributed by atoms with Crippen LogP contribution in [0.1, 0.15) is 33.6 Å². The Kier molecular flexibility index (Phi) is 5.93. The van der Waals surface area contributed by atoms with E-state index in [0.29, 0.717) is 24.8 Å². The summed E-state index contributed by atoms with van der Waals surface area (Å²) in [6, 6.07) is 6.73. The van der Waals surface area contributed by atoms with E-state index in [1.165, 1.54) is 11.2 Å². The van der Waals surface area contributed by atoms with Gasteiger partial charge in [-0.1, -0.05) is 26.0 Å². The quantitative estimate of drug-likeness (QED) is 0.784. The second kappa shape index (κ2) is 7.89. The standard InChI is InChI=1S/C20H30N2O4S/c1-16(2)12-21-10-8-20(9-11-21)14-22(13-17(3)23)27(24,25)19-7-5-4-6-18(19)26-15-20/h4-7,16H,8-15H2,1-3H3. The van der Waals surface area contributed by atoms with E-state index in [0.717, 1.165) is 32.5 Å². The van der Waals surface area contributed by atoms with E-state index in [9.17, 15) is 13.2 Å². The Balaban J connectivity index is 1.90. The van der Waals surface area contributed by atoms with Crippen LogP contribution in [0, 0.1) is 11.3 Å². The van der Waals surface area contributed by atoms with Gasteiger partial charge in [-0.2, -0.15) is 4.31 Å². The lowest BCUT2D eigenvalue weighted by Gasteiger charge is -2.45. The molecule has 0 bridgehead atoms. The van der Waals surface area contributed by atoms with Crippen LogP contribution in [-0.2, 0) is 14.8 Å². The van der Waals surface area contributed by atoms with E-state index >= 15 is 0 Å². The first-order valence-corrected chi connectivity index (χ1v) is 11.1. The number of para-hydroxylation sites is 1. The van der Waals surface area contributed by atoms with Gasteiger partial charge in [0, 0.05) is 18.5 Å². The first kappa shape index (κ1) is 20.3. The summed E-state index contributed by atoms with van der Waals surface area (Å²) in [5.74, 6) is 0.841. The van der Waals surface area contributed by atoms with Crippen molar-refractivity contribution in [2.75, 3.05) is 39.3 Å². The molecule has 1 saturated heterocycles. The van der Waals surface area contributed by atoms with E-state index < -0.39 is 10.0 Å². The van der Waals surface area contributed by atoms with Gasteiger partial charge in [-0.25, -0.2) is 8.42 Å². The number of carbonyl (C=O) groups is 1. The zero-order chi connectivity index (χ0) is 19.7. The average Bonchev–Trinajstić information content (AvgIpc) is 2.60. The van der Waals surface area contributed by atoms with Gasteiger partial charge in [0.15, 0.2) is 0 Å². The van der Waals surface area contributed by atoms with Crippen molar-refractivity contribution in [3.63, 3.8) is 0 Å². The molecule has 2 aliphatic heterocycles. The number of ether oxygens (including phenoxy) is 1. The van der Waals surface area contributed by atoms with E-state index in [-0.39, 0.29) is 22.6 Å². The summed E-state index contributed by atoms with van der Waals surface area (Å²) in [5, 5.41) is 0. The first-order valence-electron chi connectivity index (χ1n) is 9.66. The van der Waals surface area contributed by atoms with Crippen molar-refractivity contribution >= 4 is 15.8 Å². The van der Waals surface area contributed by atoms with Crippen LogP contribution in [0.25, 0.3) is 0 Å². The molecule has 1 fully saturated rings. The SMILES string of the molecule is CC(=O)CN1CC2(CCN(CC(C)C)CC2)COc2ccccc2S1(=O)=O. The summed E-state index contributed by atoms with van der Waals surface area (Å²) < 4.78 is 33.9. The van der Waals surface area contributed by atoms with Gasteiger partial charge in [0.2, 0.25) is 10.0 Å². The molecule has 1 spiro atoms. The number of Topliss-reactive ketones (excluding diaryl/α,β-unsaturated/α-hetero) is 1. The molecule has 0 amide bonds. The Labute approximate surface area is 162 Å². The molecule has 150 valence electrons. The Morgan fingerprint density at radius 3 is 2.52 bits per heavy atom. The fraction of sp³-hybridized carbons (Fsp3) is 0.650. The van der Waals surface area contributed by atoms with Crippen LogP contribution < -0.4 is 4.74 Å². The fourth-order valence-corrected chi connectivity index (χ4v) is 5.78. The number of hydrogen-bond donors (Lipinski definition) is 0. The normalized spacial score (nSPS) is 22.7. The van der Waals surface area contributed by atoms with Gasteiger partial charge in [-0.3, -0.25) is 4.79 Å². The van der Waals surface area contributed by atoms with Crippen LogP contribution in [0.2, 0.25) is 0 Å². The van der Waals surface area contributed by atoms with Gasteiger partial charge in [0.25, 0.3) is 0 Å². The van der Waals surface area contributed by atoms with E-state index in [1.54, 1.807) is 24.3 Å². The van der Waals surface area contributed by atoms with E-state index in [2.05, 4.69) is 18.7 Å². The number of hydrogen-bond acceptors (Lipinski definition) is 5. The Morgan fingerprint density at radius 1 is 1.22 bits per heavy atom. The highest BCUT2D eigenvalue weighted by molar-refractivity contribution is 7.89. The molecule has 0 saturated carbocycles. The van der Waals surface area contributed by atoms with Crippen molar-refractivity contribution in [1.29, 1.82) is 0 Å². The molecule has 2 heterocycles. The topological polar surface area (TPSA) is 66.9 Å². The molecule has 0 aromatic heterocycles. The Bertz CT molecular complexity index is 783. The number of sulfonamides is 1. The number of rotatable bonds is 4. The third-order valence-corrected chi connectivity index (χ3v) is 7.28. The minimum atomic E-state index is -3.77. The highest BCUT2D eigenvalue weighted by Crippen LogP contribution is 2.39. The molecular weight excluding hydrogens is 364 g/mol. The summed E-state index contributed by atoms with van der Waals surface area (Å²) in [6.45, 7) is 9.48. The van der Waals surface area contributed by atoms with Crippen molar-refractivity contribution in [3.05, 3.63) is 24.3 Å². The van der Waals surface area contributed by atoms with E-state index in [4.69, 9.17) is 4.74 Å². The van der Waals surface area contributed by atoms with Gasteiger partial charge in [-0.05, 0) is 50.9 Å². The second-order valence-electron chi connectivity index (χ2n) is 8.40. The zero-order valence-electron chi connectivity index (χ0n) is 16.5. The number of nitrogens with zero attached hydrogens (tertiary/aromatic N) is 2. The highest BCUT2D eigenvalue weighted by atomic mass is 32.2. The van der Waals surface area contributed by atoms with Crippen molar-refractivity contribution in [2.45, 2.75) is 38.5 Å². The number of likely N-dealkylation sites (tertiary alicyclic amines) is 1. The number of ketones is 1. The van der Waals surface area contributed by atoms with Gasteiger partial charge in [0.1, 0.15) is 16.4 Å². The van der Waals surface area contributed by atoms with Crippen LogP contribution in [0.15, 0.2) is 29.2 Å². The summed E-state index contributed by atoms with van der Waals surface area (Å²) >= 11 is 0. The molecule has 6 nitrogen and oxygen atoms in total. The third-order valence-electron chi connectivity index (χ3n) is 5.45. The second-order valence-corrected chi connectivity index (χ2v) is 10.3. The molecule has 27 heavy (non-hydrogen) atoms. The van der Waals surface area contributed by atoms with Crippen molar-refractivity contribution < 1.29 is 17.9 Å². The van der Waals surface area contributed by atoms with Gasteiger partial charge < -0.3 is 9.64 Å². The molecular formula is C20H30N2O4S. The lowest BCUT2D eigenvalue weighted by molar-refractivity contribution is -0.117. The number of fused-ring (bicyclic) bond motifs is 1. The summed E-state index contributed by atoms with van der Waals surface area (Å²) in [4.78, 5) is 14.4. The molecule has 0 radical (unpaired) electrons. The third kappa shape index (κ3) is 4.52. The average molecular weight is 395 g/mol. The van der Waals surface area contributed by atoms with Gasteiger partial charge >= 0.3 is 0 Å². The summed E-state index contributed by atoms with van der Waals surface area (Å²) in [7, 11) is -3.77. The Hall–Kier alpha value is -1.44. The van der Waals surface area contributed by atoms with Crippen LogP contribution in [0.3, 0.4) is 0 Å². The fourth-order valence-electron chi connectivity index (χ4n) is 4.08. The number of carbonyl (C=O) groups excluding carboxylic acids is 1. The molecule has 0 aliphatic carbocycles. The van der Waals surface area contributed by atoms with Crippen molar-refractivity contribution in [2.24, 2.45) is 11.3 Å². The maximum absolute atomic E-state index is 13.2. The van der Waals surface area contributed by atoms with Crippen LogP contribution >= 0.6 is 0 Å². The molecule has 0 unspecified atom stereocenters. The molecule has 1 aromatic carbocycles. The van der Waals surface area contributed by atoms with Crippen molar-refractivity contribution in [3.8, 4) is 5.75 Å². The molecule has 0 atom stereocenters. The lowest BCUT2D eigenvalue weighted by Crippen LogP contribution is -2.52. The molecule has 2 aliphatic rings. The predicted octanol–water partition coefficient (Wildman–Crippen LogP) is 2.40. The largest absolute Gasteiger partial charge is 0.492 e. The Morgan fingerprint density at radius 2 is 1.89 bits per heavy atom. The molecule has 7 heteroatoms. The molecule has 0 N–H and O–H groups in total. The summed E-state index contributed by atoms with van der Waals surface area (Å²) in [6.07, 6.45) is 1.73. The minimum Gasteiger partial charge on any atom is -0.492 e. The molecule has 3 rings (SSSR count). The van der Waals surface area contributed by atoms with Crippen LogP contribution in [-0.4, -0.2) is 62.7 Å².